The molecule has 0 amide bonds. The highest BCUT2D eigenvalue weighted by molar-refractivity contribution is 7.40. The zero-order valence-corrected chi connectivity index (χ0v) is 23.3. The Morgan fingerprint density at radius 1 is 0.914 bits per heavy atom. The number of aryl methyl sites for hydroxylation is 1. The Labute approximate surface area is 214 Å². The van der Waals surface area contributed by atoms with Crippen LogP contribution in [0.15, 0.2) is 24.3 Å². The molecule has 35 heavy (non-hydrogen) atoms. The quantitative estimate of drug-likeness (QED) is 0.131. The number of rotatable bonds is 22. The Hall–Kier alpha value is -1.24. The lowest BCUT2D eigenvalue weighted by Crippen LogP contribution is -3.06. The fraction of sp³-hybridized carbons (Fsp3) is 0.741. The highest BCUT2D eigenvalue weighted by Crippen LogP contribution is 2.32. The lowest BCUT2D eigenvalue weighted by molar-refractivity contribution is -0.858. The van der Waals surface area contributed by atoms with Crippen molar-refractivity contribution in [2.45, 2.75) is 90.6 Å². The van der Waals surface area contributed by atoms with Crippen molar-refractivity contribution in [2.24, 2.45) is 0 Å². The number of hydrogen-bond acceptors (Lipinski definition) is 6. The maximum Gasteiger partial charge on any atom is 0.330 e. The van der Waals surface area contributed by atoms with E-state index in [1.165, 1.54) is 81.6 Å². The van der Waals surface area contributed by atoms with Crippen LogP contribution in [0.25, 0.3) is 0 Å². The van der Waals surface area contributed by atoms with Gasteiger partial charge in [0.2, 0.25) is 0 Å². The maximum atomic E-state index is 11.4. The predicted octanol–water partition coefficient (Wildman–Crippen LogP) is 4.86. The smallest absolute Gasteiger partial charge is 0.330 e. The van der Waals surface area contributed by atoms with Gasteiger partial charge in [0.25, 0.3) is 0 Å². The Kier molecular flexibility index (Phi) is 19.0. The van der Waals surface area contributed by atoms with Gasteiger partial charge in [0.1, 0.15) is 25.5 Å². The van der Waals surface area contributed by atoms with Crippen LogP contribution in [0, 0.1) is 0 Å². The van der Waals surface area contributed by atoms with Crippen LogP contribution in [0.4, 0.5) is 0 Å². The fourth-order valence-corrected chi connectivity index (χ4v) is 4.24. The monoisotopic (exact) mass is 514 g/mol. The Bertz CT molecular complexity index is 643. The third-order valence-corrected chi connectivity index (χ3v) is 6.46. The number of benzene rings is 1. The fourth-order valence-electron chi connectivity index (χ4n) is 3.62. The predicted molar refractivity (Wildman–Crippen MR) is 142 cm³/mol. The van der Waals surface area contributed by atoms with E-state index in [0.29, 0.717) is 12.4 Å². The largest absolute Gasteiger partial charge is 0.490 e. The zero-order valence-electron chi connectivity index (χ0n) is 22.4. The van der Waals surface area contributed by atoms with Crippen LogP contribution >= 0.6 is 8.60 Å². The van der Waals surface area contributed by atoms with Crippen molar-refractivity contribution < 1.29 is 33.1 Å². The van der Waals surface area contributed by atoms with Gasteiger partial charge in [0.15, 0.2) is 6.10 Å². The average molecular weight is 515 g/mol. The van der Waals surface area contributed by atoms with Crippen LogP contribution < -0.4 is 9.64 Å². The lowest BCUT2D eigenvalue weighted by Gasteiger charge is -2.19. The summed E-state index contributed by atoms with van der Waals surface area (Å²) in [7, 11) is 1.99. The van der Waals surface area contributed by atoms with Crippen LogP contribution in [0.3, 0.4) is 0 Å². The minimum absolute atomic E-state index is 0.00737. The van der Waals surface area contributed by atoms with Gasteiger partial charge in [0, 0.05) is 6.92 Å². The Balaban J connectivity index is 2.24. The molecule has 2 atom stereocenters. The highest BCUT2D eigenvalue weighted by atomic mass is 31.2. The number of hydrogen-bond donors (Lipinski definition) is 2. The summed E-state index contributed by atoms with van der Waals surface area (Å²) in [4.78, 5) is 22.5. The molecule has 0 bridgehead atoms. The van der Waals surface area contributed by atoms with Gasteiger partial charge in [-0.15, -0.1) is 0 Å². The topological polar surface area (TPSA) is 78.7 Å². The number of quaternary nitrogens is 1. The van der Waals surface area contributed by atoms with Gasteiger partial charge in [-0.1, -0.05) is 76.8 Å². The maximum absolute atomic E-state index is 11.4. The number of carbonyl (C=O) groups is 1. The molecule has 202 valence electrons. The van der Waals surface area contributed by atoms with E-state index in [9.17, 15) is 9.69 Å². The SMILES string of the molecule is CCCCCCCCCCCCc1ccc(OCC(COP(O)OCC[NH+](C)C)OC(C)=O)cc1. The van der Waals surface area contributed by atoms with E-state index in [0.717, 1.165) is 13.0 Å². The number of carbonyl (C=O) groups excluding carboxylic acids is 1. The molecular formula is C27H49NO6P+. The van der Waals surface area contributed by atoms with Crippen molar-refractivity contribution in [2.75, 3.05) is 40.5 Å². The lowest BCUT2D eigenvalue weighted by atomic mass is 10.0. The molecule has 0 aliphatic carbocycles. The van der Waals surface area contributed by atoms with Crippen molar-refractivity contribution in [1.82, 2.24) is 0 Å². The molecule has 0 fully saturated rings. The molecule has 0 aromatic heterocycles. The van der Waals surface area contributed by atoms with E-state index < -0.39 is 20.7 Å². The summed E-state index contributed by atoms with van der Waals surface area (Å²) in [6.45, 7) is 4.90. The van der Waals surface area contributed by atoms with Crippen molar-refractivity contribution in [3.63, 3.8) is 0 Å². The van der Waals surface area contributed by atoms with E-state index in [4.69, 9.17) is 18.5 Å². The van der Waals surface area contributed by atoms with Crippen LogP contribution in [-0.4, -0.2) is 57.4 Å². The van der Waals surface area contributed by atoms with E-state index in [1.54, 1.807) is 0 Å². The van der Waals surface area contributed by atoms with Gasteiger partial charge in [0.05, 0.1) is 20.7 Å². The summed E-state index contributed by atoms with van der Waals surface area (Å²) in [5, 5.41) is 0. The molecular weight excluding hydrogens is 465 g/mol. The van der Waals surface area contributed by atoms with E-state index >= 15 is 0 Å². The molecule has 0 aliphatic heterocycles. The van der Waals surface area contributed by atoms with Crippen LogP contribution in [0.2, 0.25) is 0 Å². The molecule has 1 rings (SSSR count). The van der Waals surface area contributed by atoms with Crippen molar-refractivity contribution in [3.05, 3.63) is 29.8 Å². The van der Waals surface area contributed by atoms with Crippen LogP contribution in [0.5, 0.6) is 5.75 Å². The summed E-state index contributed by atoms with van der Waals surface area (Å²) in [5.41, 5.74) is 1.31. The molecule has 0 aliphatic rings. The first-order chi connectivity index (χ1) is 16.9. The second-order valence-corrected chi connectivity index (χ2v) is 10.4. The van der Waals surface area contributed by atoms with Crippen molar-refractivity contribution >= 4 is 14.6 Å². The molecule has 8 heteroatoms. The van der Waals surface area contributed by atoms with Gasteiger partial charge >= 0.3 is 14.6 Å². The number of ether oxygens (including phenoxy) is 2. The Morgan fingerprint density at radius 2 is 1.51 bits per heavy atom. The van der Waals surface area contributed by atoms with Crippen LogP contribution in [-0.2, 0) is 25.0 Å². The van der Waals surface area contributed by atoms with E-state index in [2.05, 4.69) is 19.1 Å². The average Bonchev–Trinajstić information content (AvgIpc) is 2.82. The van der Waals surface area contributed by atoms with Crippen LogP contribution in [0.1, 0.15) is 83.6 Å². The van der Waals surface area contributed by atoms with Gasteiger partial charge < -0.3 is 28.3 Å². The molecule has 1 aromatic rings. The molecule has 2 unspecified atom stereocenters. The zero-order chi connectivity index (χ0) is 25.7. The summed E-state index contributed by atoms with van der Waals surface area (Å²) in [6.07, 6.45) is 13.9. The second-order valence-electron chi connectivity index (χ2n) is 9.44. The Morgan fingerprint density at radius 3 is 2.09 bits per heavy atom. The number of esters is 1. The highest BCUT2D eigenvalue weighted by Gasteiger charge is 2.18. The molecule has 7 nitrogen and oxygen atoms in total. The molecule has 0 radical (unpaired) electrons. The summed E-state index contributed by atoms with van der Waals surface area (Å²) in [5.74, 6) is 0.291. The number of nitrogens with one attached hydrogen (secondary N) is 1. The molecule has 0 saturated heterocycles. The molecule has 0 spiro atoms. The minimum atomic E-state index is -2.01. The van der Waals surface area contributed by atoms with Gasteiger partial charge in [-0.05, 0) is 30.5 Å². The first kappa shape index (κ1) is 31.8. The first-order valence-electron chi connectivity index (χ1n) is 13.3. The van der Waals surface area contributed by atoms with Crippen molar-refractivity contribution in [1.29, 1.82) is 0 Å². The first-order valence-corrected chi connectivity index (χ1v) is 14.5. The second kappa shape index (κ2) is 20.9. The summed E-state index contributed by atoms with van der Waals surface area (Å²) < 4.78 is 21.6. The van der Waals surface area contributed by atoms with E-state index in [1.807, 2.05) is 26.2 Å². The summed E-state index contributed by atoms with van der Waals surface area (Å²) >= 11 is 0. The van der Waals surface area contributed by atoms with Gasteiger partial charge in [-0.2, -0.15) is 0 Å². The molecule has 0 saturated carbocycles. The molecule has 2 N–H and O–H groups in total. The standard InChI is InChI=1S/C27H48NO6P/c1-5-6-7-8-9-10-11-12-13-14-15-25-16-18-26(19-17-25)31-22-27(34-24(2)29)23-33-35(30)32-21-20-28(3)4/h16-19,27,30H,5-15,20-23H2,1-4H3/p+1. The van der Waals surface area contributed by atoms with Gasteiger partial charge in [-0.3, -0.25) is 4.79 Å². The van der Waals surface area contributed by atoms with Gasteiger partial charge in [-0.25, -0.2) is 0 Å². The van der Waals surface area contributed by atoms with Crippen molar-refractivity contribution in [3.8, 4) is 5.75 Å². The number of likely N-dealkylation sites (N-methyl/N-ethyl adjacent to an activating group) is 1. The normalized spacial score (nSPS) is 13.1. The summed E-state index contributed by atoms with van der Waals surface area (Å²) in [6, 6.07) is 8.08. The van der Waals surface area contributed by atoms with E-state index in [-0.39, 0.29) is 13.2 Å². The minimum Gasteiger partial charge on any atom is -0.490 e. The molecule has 0 heterocycles. The number of unbranched alkanes of at least 4 members (excludes halogenated alkanes) is 9. The molecule has 1 aromatic carbocycles. The third kappa shape index (κ3) is 18.7. The third-order valence-electron chi connectivity index (χ3n) is 5.69.